The van der Waals surface area contributed by atoms with E-state index in [9.17, 15) is 8.78 Å². The molecule has 6 nitrogen and oxygen atoms in total. The van der Waals surface area contributed by atoms with E-state index >= 15 is 0 Å². The minimum Gasteiger partial charge on any atom is -0.384 e. The van der Waals surface area contributed by atoms with Crippen LogP contribution in [0.4, 0.5) is 8.78 Å². The van der Waals surface area contributed by atoms with Gasteiger partial charge in [-0.05, 0) is 19.1 Å². The van der Waals surface area contributed by atoms with Crippen molar-refractivity contribution in [3.63, 3.8) is 0 Å². The van der Waals surface area contributed by atoms with Crippen molar-refractivity contribution in [3.05, 3.63) is 53.9 Å². The SMILES string of the molecule is COCCc1noc(C(C)n2ccnc2-c2cc(F)cc(F)c2)n1. The smallest absolute Gasteiger partial charge is 0.249 e. The molecule has 0 spiro atoms. The second kappa shape index (κ2) is 6.88. The van der Waals surface area contributed by atoms with Crippen LogP contribution >= 0.6 is 0 Å². The van der Waals surface area contributed by atoms with Crippen LogP contribution in [0.5, 0.6) is 0 Å². The van der Waals surface area contributed by atoms with Crippen LogP contribution in [0, 0.1) is 11.6 Å². The van der Waals surface area contributed by atoms with Crippen LogP contribution in [0.15, 0.2) is 35.1 Å². The molecule has 0 fully saturated rings. The number of benzene rings is 1. The molecule has 2 aromatic heterocycles. The van der Waals surface area contributed by atoms with E-state index in [0.717, 1.165) is 6.07 Å². The maximum absolute atomic E-state index is 13.5. The third kappa shape index (κ3) is 3.33. The maximum Gasteiger partial charge on any atom is 0.249 e. The molecule has 0 bridgehead atoms. The highest BCUT2D eigenvalue weighted by Crippen LogP contribution is 2.26. The number of methoxy groups -OCH3 is 1. The molecule has 0 aliphatic carbocycles. The minimum atomic E-state index is -0.660. The zero-order valence-electron chi connectivity index (χ0n) is 13.2. The summed E-state index contributed by atoms with van der Waals surface area (Å²) < 4.78 is 38.9. The lowest BCUT2D eigenvalue weighted by atomic mass is 10.2. The van der Waals surface area contributed by atoms with Crippen molar-refractivity contribution in [2.75, 3.05) is 13.7 Å². The van der Waals surface area contributed by atoms with Gasteiger partial charge in [-0.15, -0.1) is 0 Å². The van der Waals surface area contributed by atoms with Crippen molar-refractivity contribution >= 4 is 0 Å². The number of aromatic nitrogens is 4. The predicted octanol–water partition coefficient (Wildman–Crippen LogP) is 3.01. The monoisotopic (exact) mass is 334 g/mol. The normalized spacial score (nSPS) is 12.5. The van der Waals surface area contributed by atoms with Crippen LogP contribution in [-0.2, 0) is 11.2 Å². The summed E-state index contributed by atoms with van der Waals surface area (Å²) in [5.74, 6) is 0.0191. The quantitative estimate of drug-likeness (QED) is 0.693. The molecule has 1 atom stereocenters. The summed E-state index contributed by atoms with van der Waals surface area (Å²) in [6.07, 6.45) is 3.79. The lowest BCUT2D eigenvalue weighted by Crippen LogP contribution is -2.08. The standard InChI is InChI=1S/C16H16F2N4O2/c1-10(16-20-14(21-24-16)3-6-23-2)22-5-4-19-15(22)11-7-12(17)9-13(18)8-11/h4-5,7-10H,3,6H2,1-2H3. The van der Waals surface area contributed by atoms with Crippen molar-refractivity contribution in [1.82, 2.24) is 19.7 Å². The van der Waals surface area contributed by atoms with Gasteiger partial charge in [0.15, 0.2) is 5.82 Å². The molecular weight excluding hydrogens is 318 g/mol. The van der Waals surface area contributed by atoms with E-state index in [1.807, 2.05) is 6.92 Å². The van der Waals surface area contributed by atoms with Gasteiger partial charge in [0.2, 0.25) is 5.89 Å². The molecule has 0 aliphatic rings. The molecule has 2 heterocycles. The number of imidazole rings is 1. The molecule has 0 saturated carbocycles. The van der Waals surface area contributed by atoms with Crippen molar-refractivity contribution < 1.29 is 18.0 Å². The molecule has 1 aromatic carbocycles. The number of hydrogen-bond acceptors (Lipinski definition) is 5. The summed E-state index contributed by atoms with van der Waals surface area (Å²) >= 11 is 0. The maximum atomic E-state index is 13.5. The second-order valence-electron chi connectivity index (χ2n) is 5.28. The first-order valence-corrected chi connectivity index (χ1v) is 7.39. The highest BCUT2D eigenvalue weighted by molar-refractivity contribution is 5.56. The Kier molecular flexibility index (Phi) is 4.66. The summed E-state index contributed by atoms with van der Waals surface area (Å²) in [7, 11) is 1.60. The van der Waals surface area contributed by atoms with Gasteiger partial charge in [0, 0.05) is 37.6 Å². The van der Waals surface area contributed by atoms with Gasteiger partial charge in [-0.3, -0.25) is 0 Å². The molecule has 8 heteroatoms. The van der Waals surface area contributed by atoms with Gasteiger partial charge in [0.05, 0.1) is 6.61 Å². The molecular formula is C16H16F2N4O2. The average Bonchev–Trinajstić information content (AvgIpc) is 3.20. The van der Waals surface area contributed by atoms with Gasteiger partial charge < -0.3 is 13.8 Å². The second-order valence-corrected chi connectivity index (χ2v) is 5.28. The van der Waals surface area contributed by atoms with E-state index in [1.165, 1.54) is 12.1 Å². The van der Waals surface area contributed by atoms with Gasteiger partial charge in [-0.1, -0.05) is 5.16 Å². The lowest BCUT2D eigenvalue weighted by molar-refractivity contribution is 0.199. The molecule has 1 unspecified atom stereocenters. The fourth-order valence-corrected chi connectivity index (χ4v) is 2.38. The summed E-state index contributed by atoms with van der Waals surface area (Å²) in [6, 6.07) is 2.94. The number of nitrogens with zero attached hydrogens (tertiary/aromatic N) is 4. The fraction of sp³-hybridized carbons (Fsp3) is 0.312. The first-order valence-electron chi connectivity index (χ1n) is 7.39. The van der Waals surface area contributed by atoms with E-state index in [4.69, 9.17) is 9.26 Å². The van der Waals surface area contributed by atoms with E-state index in [1.54, 1.807) is 24.1 Å². The van der Waals surface area contributed by atoms with Gasteiger partial charge in [-0.25, -0.2) is 13.8 Å². The van der Waals surface area contributed by atoms with Crippen LogP contribution in [-0.4, -0.2) is 33.4 Å². The Labute approximate surface area is 137 Å². The highest BCUT2D eigenvalue weighted by atomic mass is 19.1. The zero-order chi connectivity index (χ0) is 17.1. The molecule has 0 N–H and O–H groups in total. The first kappa shape index (κ1) is 16.3. The molecule has 0 aliphatic heterocycles. The van der Waals surface area contributed by atoms with Crippen LogP contribution in [0.25, 0.3) is 11.4 Å². The Morgan fingerprint density at radius 1 is 1.25 bits per heavy atom. The molecule has 0 saturated heterocycles. The zero-order valence-corrected chi connectivity index (χ0v) is 13.2. The summed E-state index contributed by atoms with van der Waals surface area (Å²) in [5, 5.41) is 3.90. The molecule has 3 rings (SSSR count). The van der Waals surface area contributed by atoms with Gasteiger partial charge in [0.25, 0.3) is 0 Å². The Hall–Kier alpha value is -2.61. The van der Waals surface area contributed by atoms with Crippen LogP contribution < -0.4 is 0 Å². The molecule has 0 radical (unpaired) electrons. The third-order valence-electron chi connectivity index (χ3n) is 3.58. The molecule has 126 valence electrons. The van der Waals surface area contributed by atoms with Crippen molar-refractivity contribution in [2.24, 2.45) is 0 Å². The Balaban J connectivity index is 1.90. The molecule has 24 heavy (non-hydrogen) atoms. The predicted molar refractivity (Wildman–Crippen MR) is 81.3 cm³/mol. The third-order valence-corrected chi connectivity index (χ3v) is 3.58. The van der Waals surface area contributed by atoms with E-state index in [0.29, 0.717) is 36.1 Å². The van der Waals surface area contributed by atoms with E-state index < -0.39 is 11.6 Å². The highest BCUT2D eigenvalue weighted by Gasteiger charge is 2.20. The van der Waals surface area contributed by atoms with E-state index in [-0.39, 0.29) is 6.04 Å². The summed E-state index contributed by atoms with van der Waals surface area (Å²) in [4.78, 5) is 8.51. The van der Waals surface area contributed by atoms with Crippen molar-refractivity contribution in [3.8, 4) is 11.4 Å². The van der Waals surface area contributed by atoms with Gasteiger partial charge in [0.1, 0.15) is 23.5 Å². The summed E-state index contributed by atoms with van der Waals surface area (Å²) in [5.41, 5.74) is 0.337. The lowest BCUT2D eigenvalue weighted by Gasteiger charge is -2.12. The topological polar surface area (TPSA) is 66.0 Å². The molecule has 3 aromatic rings. The van der Waals surface area contributed by atoms with Crippen molar-refractivity contribution in [1.29, 1.82) is 0 Å². The number of ether oxygens (including phenoxy) is 1. The van der Waals surface area contributed by atoms with Crippen LogP contribution in [0.2, 0.25) is 0 Å². The fourth-order valence-electron chi connectivity index (χ4n) is 2.38. The minimum absolute atomic E-state index is 0.336. The van der Waals surface area contributed by atoms with E-state index in [2.05, 4.69) is 15.1 Å². The Morgan fingerprint density at radius 2 is 2.00 bits per heavy atom. The first-order chi connectivity index (χ1) is 11.6. The van der Waals surface area contributed by atoms with Gasteiger partial charge >= 0.3 is 0 Å². The summed E-state index contributed by atoms with van der Waals surface area (Å²) in [6.45, 7) is 2.33. The van der Waals surface area contributed by atoms with Crippen LogP contribution in [0.3, 0.4) is 0 Å². The number of halogens is 2. The largest absolute Gasteiger partial charge is 0.384 e. The Bertz CT molecular complexity index is 811. The number of rotatable bonds is 6. The Morgan fingerprint density at radius 3 is 2.71 bits per heavy atom. The molecule has 0 amide bonds. The van der Waals surface area contributed by atoms with Crippen molar-refractivity contribution in [2.45, 2.75) is 19.4 Å². The number of hydrogen-bond donors (Lipinski definition) is 0. The van der Waals surface area contributed by atoms with Crippen LogP contribution in [0.1, 0.15) is 24.7 Å². The average molecular weight is 334 g/mol. The van der Waals surface area contributed by atoms with Gasteiger partial charge in [-0.2, -0.15) is 4.98 Å².